The fourth-order valence-electron chi connectivity index (χ4n) is 3.68. The van der Waals surface area contributed by atoms with Gasteiger partial charge in [-0.15, -0.1) is 11.3 Å². The Balaban J connectivity index is 1.65. The van der Waals surface area contributed by atoms with Gasteiger partial charge < -0.3 is 9.47 Å². The van der Waals surface area contributed by atoms with Gasteiger partial charge >= 0.3 is 0 Å². The largest absolute Gasteiger partial charge is 0.438 e. The monoisotopic (exact) mass is 458 g/mol. The molecule has 4 aromatic rings. The van der Waals surface area contributed by atoms with Gasteiger partial charge in [-0.2, -0.15) is 0 Å². The molecule has 2 heterocycles. The maximum Gasteiger partial charge on any atom is 0.222 e. The van der Waals surface area contributed by atoms with Crippen molar-refractivity contribution in [2.24, 2.45) is 0 Å². The number of pyridine rings is 1. The van der Waals surface area contributed by atoms with E-state index in [1.54, 1.807) is 17.5 Å². The van der Waals surface area contributed by atoms with Crippen molar-refractivity contribution in [2.45, 2.75) is 46.1 Å². The molecule has 0 radical (unpaired) electrons. The first-order valence-electron chi connectivity index (χ1n) is 11.3. The number of ether oxygens (including phenoxy) is 2. The highest BCUT2D eigenvalue weighted by Gasteiger charge is 2.20. The zero-order valence-electron chi connectivity index (χ0n) is 19.7. The molecule has 5 heteroatoms. The molecule has 0 aliphatic carbocycles. The van der Waals surface area contributed by atoms with E-state index in [9.17, 15) is 0 Å². The minimum absolute atomic E-state index is 0.0282. The summed E-state index contributed by atoms with van der Waals surface area (Å²) < 4.78 is 12.1. The van der Waals surface area contributed by atoms with E-state index in [0.717, 1.165) is 38.0 Å². The molecule has 0 fully saturated rings. The third kappa shape index (κ3) is 5.67. The molecular formula is C28H30N2O2S. The van der Waals surface area contributed by atoms with Gasteiger partial charge in [0.05, 0.1) is 22.2 Å². The van der Waals surface area contributed by atoms with Crippen LogP contribution < -0.4 is 4.74 Å². The number of thiazole rings is 1. The first-order valence-corrected chi connectivity index (χ1v) is 12.1. The van der Waals surface area contributed by atoms with Gasteiger partial charge in [-0.1, -0.05) is 75.4 Å². The predicted octanol–water partition coefficient (Wildman–Crippen LogP) is 7.42. The summed E-state index contributed by atoms with van der Waals surface area (Å²) >= 11 is 1.71. The van der Waals surface area contributed by atoms with Gasteiger partial charge in [0.15, 0.2) is 0 Å². The number of benzene rings is 2. The summed E-state index contributed by atoms with van der Waals surface area (Å²) in [5.41, 5.74) is 4.28. The fraction of sp³-hybridized carbons (Fsp3) is 0.286. The molecule has 0 aliphatic rings. The van der Waals surface area contributed by atoms with E-state index < -0.39 is 0 Å². The van der Waals surface area contributed by atoms with Crippen molar-refractivity contribution in [3.63, 3.8) is 0 Å². The number of aromatic nitrogens is 2. The average Bonchev–Trinajstić information content (AvgIpc) is 3.22. The van der Waals surface area contributed by atoms with Crippen LogP contribution in [0.3, 0.4) is 0 Å². The van der Waals surface area contributed by atoms with Crippen molar-refractivity contribution in [3.05, 3.63) is 94.8 Å². The molecule has 2 aromatic heterocycles. The van der Waals surface area contributed by atoms with Crippen LogP contribution in [0.25, 0.3) is 10.4 Å². The molecule has 0 saturated carbocycles. The van der Waals surface area contributed by atoms with E-state index in [1.807, 2.05) is 37.3 Å². The van der Waals surface area contributed by atoms with E-state index in [2.05, 4.69) is 62.2 Å². The summed E-state index contributed by atoms with van der Waals surface area (Å²) in [4.78, 5) is 10.7. The quantitative estimate of drug-likeness (QED) is 0.275. The second-order valence-electron chi connectivity index (χ2n) is 8.88. The number of hydrogen-bond acceptors (Lipinski definition) is 5. The van der Waals surface area contributed by atoms with Crippen LogP contribution in [-0.2, 0) is 23.2 Å². The van der Waals surface area contributed by atoms with Crippen LogP contribution >= 0.6 is 11.3 Å². The Kier molecular flexibility index (Phi) is 7.21. The maximum atomic E-state index is 6.37. The third-order valence-corrected chi connectivity index (χ3v) is 6.46. The lowest BCUT2D eigenvalue weighted by molar-refractivity contribution is 0.132. The van der Waals surface area contributed by atoms with Crippen LogP contribution in [0.15, 0.2) is 72.9 Å². The van der Waals surface area contributed by atoms with Gasteiger partial charge in [0.2, 0.25) is 5.88 Å². The van der Waals surface area contributed by atoms with E-state index in [0.29, 0.717) is 25.5 Å². The molecule has 4 rings (SSSR count). The standard InChI is InChI=1S/C28H30N2O2S/c1-5-31-19-23-26(20-12-7-6-8-13-20)33-25(30-23)18-21-14-11-17-29-27(21)32-24-16-10-9-15-22(24)28(2,3)4/h6-17H,5,18-19H2,1-4H3. The fourth-order valence-corrected chi connectivity index (χ4v) is 4.78. The first kappa shape index (κ1) is 23.1. The number of nitrogens with zero attached hydrogens (tertiary/aromatic N) is 2. The molecule has 2 aromatic carbocycles. The Morgan fingerprint density at radius 1 is 0.909 bits per heavy atom. The van der Waals surface area contributed by atoms with Gasteiger partial charge in [-0.05, 0) is 30.0 Å². The van der Waals surface area contributed by atoms with Crippen molar-refractivity contribution in [1.29, 1.82) is 0 Å². The highest BCUT2D eigenvalue weighted by molar-refractivity contribution is 7.15. The Labute approximate surface area is 200 Å². The van der Waals surface area contributed by atoms with Crippen LogP contribution in [0.2, 0.25) is 0 Å². The molecule has 0 atom stereocenters. The molecule has 170 valence electrons. The Hall–Kier alpha value is -3.02. The van der Waals surface area contributed by atoms with E-state index >= 15 is 0 Å². The van der Waals surface area contributed by atoms with Gasteiger partial charge in [0.1, 0.15) is 5.75 Å². The van der Waals surface area contributed by atoms with Gasteiger partial charge in [0.25, 0.3) is 0 Å². The summed E-state index contributed by atoms with van der Waals surface area (Å²) in [6, 6.07) is 22.6. The Bertz CT molecular complexity index is 1200. The molecular weight excluding hydrogens is 428 g/mol. The molecule has 0 bridgehead atoms. The lowest BCUT2D eigenvalue weighted by atomic mass is 9.86. The molecule has 0 amide bonds. The van der Waals surface area contributed by atoms with E-state index in [1.165, 1.54) is 0 Å². The predicted molar refractivity (Wildman–Crippen MR) is 135 cm³/mol. The summed E-state index contributed by atoms with van der Waals surface area (Å²) in [6.45, 7) is 9.74. The number of rotatable bonds is 8. The third-order valence-electron chi connectivity index (χ3n) is 5.31. The van der Waals surface area contributed by atoms with Crippen molar-refractivity contribution in [3.8, 4) is 22.1 Å². The molecule has 0 unspecified atom stereocenters. The molecule has 4 nitrogen and oxygen atoms in total. The van der Waals surface area contributed by atoms with Crippen LogP contribution in [0.1, 0.15) is 49.5 Å². The van der Waals surface area contributed by atoms with Gasteiger partial charge in [0, 0.05) is 30.4 Å². The van der Waals surface area contributed by atoms with Gasteiger partial charge in [-0.25, -0.2) is 9.97 Å². The smallest absolute Gasteiger partial charge is 0.222 e. The SMILES string of the molecule is CCOCc1nc(Cc2cccnc2Oc2ccccc2C(C)(C)C)sc1-c1ccccc1. The van der Waals surface area contributed by atoms with Crippen molar-refractivity contribution in [2.75, 3.05) is 6.61 Å². The van der Waals surface area contributed by atoms with E-state index in [4.69, 9.17) is 14.5 Å². The zero-order valence-corrected chi connectivity index (χ0v) is 20.5. The summed E-state index contributed by atoms with van der Waals surface area (Å²) in [6.07, 6.45) is 2.42. The first-order chi connectivity index (χ1) is 16.0. The molecule has 33 heavy (non-hydrogen) atoms. The second-order valence-corrected chi connectivity index (χ2v) is 9.96. The van der Waals surface area contributed by atoms with Crippen LogP contribution in [0.5, 0.6) is 11.6 Å². The van der Waals surface area contributed by atoms with Crippen LogP contribution in [0.4, 0.5) is 0 Å². The summed E-state index contributed by atoms with van der Waals surface area (Å²) in [7, 11) is 0. The average molecular weight is 459 g/mol. The highest BCUT2D eigenvalue weighted by Crippen LogP contribution is 2.36. The lowest BCUT2D eigenvalue weighted by Gasteiger charge is -2.22. The Morgan fingerprint density at radius 2 is 1.67 bits per heavy atom. The molecule has 0 N–H and O–H groups in total. The zero-order chi connectivity index (χ0) is 23.3. The molecule has 0 spiro atoms. The summed E-state index contributed by atoms with van der Waals surface area (Å²) in [5.74, 6) is 1.46. The van der Waals surface area contributed by atoms with Crippen LogP contribution in [-0.4, -0.2) is 16.6 Å². The normalized spacial score (nSPS) is 11.5. The maximum absolute atomic E-state index is 6.37. The number of hydrogen-bond donors (Lipinski definition) is 0. The number of para-hydroxylation sites is 1. The summed E-state index contributed by atoms with van der Waals surface area (Å²) in [5, 5.41) is 1.02. The lowest BCUT2D eigenvalue weighted by Crippen LogP contribution is -2.12. The van der Waals surface area contributed by atoms with Crippen molar-refractivity contribution < 1.29 is 9.47 Å². The van der Waals surface area contributed by atoms with Crippen LogP contribution in [0, 0.1) is 0 Å². The van der Waals surface area contributed by atoms with Crippen molar-refractivity contribution in [1.82, 2.24) is 9.97 Å². The van der Waals surface area contributed by atoms with Crippen molar-refractivity contribution >= 4 is 11.3 Å². The molecule has 0 aliphatic heterocycles. The minimum atomic E-state index is -0.0282. The topological polar surface area (TPSA) is 44.2 Å². The highest BCUT2D eigenvalue weighted by atomic mass is 32.1. The Morgan fingerprint density at radius 3 is 2.42 bits per heavy atom. The van der Waals surface area contributed by atoms with Gasteiger partial charge in [-0.3, -0.25) is 0 Å². The molecule has 0 saturated heterocycles. The van der Waals surface area contributed by atoms with E-state index in [-0.39, 0.29) is 5.41 Å². The minimum Gasteiger partial charge on any atom is -0.438 e. The second kappa shape index (κ2) is 10.3.